The molecule has 2 aliphatic heterocycles. The van der Waals surface area contributed by atoms with Crippen molar-refractivity contribution in [2.75, 3.05) is 20.3 Å². The van der Waals surface area contributed by atoms with Crippen molar-refractivity contribution < 1.29 is 22.7 Å². The SMILES string of the molecule is COc1cccc2c1C(=O)N(CC1CO1)S2(=O)=O. The zero-order valence-corrected chi connectivity index (χ0v) is 10.4. The van der Waals surface area contributed by atoms with Crippen molar-refractivity contribution in [1.82, 2.24) is 4.31 Å². The van der Waals surface area contributed by atoms with Gasteiger partial charge in [-0.1, -0.05) is 6.07 Å². The lowest BCUT2D eigenvalue weighted by molar-refractivity contribution is 0.0861. The lowest BCUT2D eigenvalue weighted by Crippen LogP contribution is -2.33. The van der Waals surface area contributed by atoms with Crippen molar-refractivity contribution in [3.8, 4) is 5.75 Å². The Balaban J connectivity index is 2.13. The monoisotopic (exact) mass is 269 g/mol. The molecule has 1 unspecified atom stereocenters. The summed E-state index contributed by atoms with van der Waals surface area (Å²) in [6.45, 7) is 0.561. The Kier molecular flexibility index (Phi) is 2.36. The Morgan fingerprint density at radius 1 is 1.50 bits per heavy atom. The topological polar surface area (TPSA) is 76.2 Å². The molecule has 0 aliphatic carbocycles. The van der Waals surface area contributed by atoms with E-state index in [1.807, 2.05) is 0 Å². The quantitative estimate of drug-likeness (QED) is 0.735. The number of amides is 1. The van der Waals surface area contributed by atoms with Gasteiger partial charge >= 0.3 is 0 Å². The molecule has 1 atom stereocenters. The standard InChI is InChI=1S/C11H11NO5S/c1-16-8-3-2-4-9-10(8)11(13)12(18(9,14)15)5-7-6-17-7/h2-4,7H,5-6H2,1H3. The first-order chi connectivity index (χ1) is 8.55. The average Bonchev–Trinajstić information content (AvgIpc) is 3.14. The number of carbonyl (C=O) groups excluding carboxylic acids is 1. The number of methoxy groups -OCH3 is 1. The van der Waals surface area contributed by atoms with Crippen LogP contribution in [-0.2, 0) is 14.8 Å². The minimum absolute atomic E-state index is 0.00694. The van der Waals surface area contributed by atoms with Crippen LogP contribution in [0.4, 0.5) is 0 Å². The number of nitrogens with zero attached hydrogens (tertiary/aromatic N) is 1. The van der Waals surface area contributed by atoms with E-state index in [0.717, 1.165) is 4.31 Å². The van der Waals surface area contributed by atoms with E-state index in [1.165, 1.54) is 13.2 Å². The van der Waals surface area contributed by atoms with Crippen molar-refractivity contribution in [3.63, 3.8) is 0 Å². The van der Waals surface area contributed by atoms with Gasteiger partial charge in [0.15, 0.2) is 0 Å². The molecule has 0 aromatic heterocycles. The summed E-state index contributed by atoms with van der Waals surface area (Å²) in [6, 6.07) is 4.54. The predicted octanol–water partition coefficient (Wildman–Crippen LogP) is 0.238. The third kappa shape index (κ3) is 1.51. The molecule has 0 spiro atoms. The summed E-state index contributed by atoms with van der Waals surface area (Å²) in [5, 5.41) is 0. The molecule has 0 radical (unpaired) electrons. The highest BCUT2D eigenvalue weighted by Gasteiger charge is 2.45. The van der Waals surface area contributed by atoms with Crippen molar-refractivity contribution >= 4 is 15.9 Å². The Morgan fingerprint density at radius 2 is 2.22 bits per heavy atom. The van der Waals surface area contributed by atoms with Gasteiger partial charge in [0.25, 0.3) is 15.9 Å². The molecule has 1 saturated heterocycles. The number of hydrogen-bond donors (Lipinski definition) is 0. The zero-order chi connectivity index (χ0) is 12.9. The second-order valence-electron chi connectivity index (χ2n) is 4.13. The van der Waals surface area contributed by atoms with Crippen molar-refractivity contribution in [3.05, 3.63) is 23.8 Å². The van der Waals surface area contributed by atoms with Gasteiger partial charge in [0.05, 0.1) is 26.4 Å². The Morgan fingerprint density at radius 3 is 2.83 bits per heavy atom. The fraction of sp³-hybridized carbons (Fsp3) is 0.364. The summed E-state index contributed by atoms with van der Waals surface area (Å²) in [6.07, 6.45) is -0.177. The Bertz CT molecular complexity index is 620. The summed E-state index contributed by atoms with van der Waals surface area (Å²) >= 11 is 0. The molecule has 96 valence electrons. The smallest absolute Gasteiger partial charge is 0.272 e. The van der Waals surface area contributed by atoms with Crippen LogP contribution < -0.4 is 4.74 Å². The molecule has 1 aromatic carbocycles. The van der Waals surface area contributed by atoms with Crippen LogP contribution >= 0.6 is 0 Å². The van der Waals surface area contributed by atoms with Crippen molar-refractivity contribution in [1.29, 1.82) is 0 Å². The van der Waals surface area contributed by atoms with E-state index in [-0.39, 0.29) is 28.9 Å². The average molecular weight is 269 g/mol. The van der Waals surface area contributed by atoms with E-state index >= 15 is 0 Å². The van der Waals surface area contributed by atoms with Crippen LogP contribution in [0.3, 0.4) is 0 Å². The summed E-state index contributed by atoms with van der Waals surface area (Å²) in [7, 11) is -2.35. The molecule has 18 heavy (non-hydrogen) atoms. The summed E-state index contributed by atoms with van der Waals surface area (Å²) in [4.78, 5) is 12.2. The van der Waals surface area contributed by atoms with Crippen LogP contribution in [0.25, 0.3) is 0 Å². The maximum Gasteiger partial charge on any atom is 0.272 e. The van der Waals surface area contributed by atoms with Gasteiger partial charge in [0.1, 0.15) is 16.2 Å². The number of epoxide rings is 1. The van der Waals surface area contributed by atoms with Crippen LogP contribution in [0.2, 0.25) is 0 Å². The molecule has 7 heteroatoms. The van der Waals surface area contributed by atoms with Gasteiger partial charge in [-0.3, -0.25) is 4.79 Å². The lowest BCUT2D eigenvalue weighted by atomic mass is 10.2. The highest BCUT2D eigenvalue weighted by atomic mass is 32.2. The molecule has 0 N–H and O–H groups in total. The molecule has 0 bridgehead atoms. The first-order valence-corrected chi connectivity index (χ1v) is 6.85. The van der Waals surface area contributed by atoms with Crippen LogP contribution in [0, 0.1) is 0 Å². The molecule has 3 rings (SSSR count). The normalized spacial score (nSPS) is 23.9. The van der Waals surface area contributed by atoms with E-state index in [4.69, 9.17) is 9.47 Å². The first-order valence-electron chi connectivity index (χ1n) is 5.41. The van der Waals surface area contributed by atoms with Gasteiger partial charge < -0.3 is 9.47 Å². The molecular weight excluding hydrogens is 258 g/mol. The van der Waals surface area contributed by atoms with Gasteiger partial charge in [-0.2, -0.15) is 0 Å². The molecule has 1 fully saturated rings. The summed E-state index contributed by atoms with van der Waals surface area (Å²) in [5.41, 5.74) is 0.112. The summed E-state index contributed by atoms with van der Waals surface area (Å²) < 4.78 is 35.3. The van der Waals surface area contributed by atoms with Gasteiger partial charge in [-0.05, 0) is 12.1 Å². The highest BCUT2D eigenvalue weighted by molar-refractivity contribution is 7.90. The van der Waals surface area contributed by atoms with Gasteiger partial charge in [-0.25, -0.2) is 12.7 Å². The van der Waals surface area contributed by atoms with E-state index in [2.05, 4.69) is 0 Å². The molecular formula is C11H11NO5S. The van der Waals surface area contributed by atoms with Crippen LogP contribution in [0.1, 0.15) is 10.4 Å². The van der Waals surface area contributed by atoms with E-state index in [9.17, 15) is 13.2 Å². The molecule has 0 saturated carbocycles. The van der Waals surface area contributed by atoms with Crippen LogP contribution in [0.15, 0.2) is 23.1 Å². The first kappa shape index (κ1) is 11.5. The number of benzene rings is 1. The Labute approximate surface area is 104 Å². The predicted molar refractivity (Wildman–Crippen MR) is 61.0 cm³/mol. The highest BCUT2D eigenvalue weighted by Crippen LogP contribution is 2.36. The maximum atomic E-state index is 12.2. The molecule has 2 aliphatic rings. The molecule has 6 nitrogen and oxygen atoms in total. The van der Waals surface area contributed by atoms with E-state index in [0.29, 0.717) is 6.61 Å². The third-order valence-electron chi connectivity index (χ3n) is 2.99. The van der Waals surface area contributed by atoms with Crippen molar-refractivity contribution in [2.24, 2.45) is 0 Å². The minimum Gasteiger partial charge on any atom is -0.496 e. The number of fused-ring (bicyclic) bond motifs is 1. The second-order valence-corrected chi connectivity index (χ2v) is 5.96. The molecule has 1 aromatic rings. The van der Waals surface area contributed by atoms with Gasteiger partial charge in [0, 0.05) is 0 Å². The largest absolute Gasteiger partial charge is 0.496 e. The number of sulfonamides is 1. The van der Waals surface area contributed by atoms with E-state index < -0.39 is 15.9 Å². The van der Waals surface area contributed by atoms with Crippen LogP contribution in [-0.4, -0.2) is 45.0 Å². The van der Waals surface area contributed by atoms with Crippen LogP contribution in [0.5, 0.6) is 5.75 Å². The van der Waals surface area contributed by atoms with Gasteiger partial charge in [-0.15, -0.1) is 0 Å². The fourth-order valence-electron chi connectivity index (χ4n) is 2.00. The molecule has 1 amide bonds. The summed E-state index contributed by atoms with van der Waals surface area (Å²) in [5.74, 6) is -0.266. The number of carbonyl (C=O) groups is 1. The third-order valence-corrected chi connectivity index (χ3v) is 4.78. The number of rotatable bonds is 3. The number of ether oxygens (including phenoxy) is 2. The Hall–Kier alpha value is -1.60. The fourth-order valence-corrected chi connectivity index (χ4v) is 3.60. The van der Waals surface area contributed by atoms with Crippen molar-refractivity contribution in [2.45, 2.75) is 11.0 Å². The maximum absolute atomic E-state index is 12.2. The zero-order valence-electron chi connectivity index (χ0n) is 9.62. The van der Waals surface area contributed by atoms with E-state index in [1.54, 1.807) is 12.1 Å². The minimum atomic E-state index is -3.76. The molecule has 2 heterocycles. The second kappa shape index (κ2) is 3.69. The number of hydrogen-bond acceptors (Lipinski definition) is 5. The lowest BCUT2D eigenvalue weighted by Gasteiger charge is -2.12. The van der Waals surface area contributed by atoms with Gasteiger partial charge in [0.2, 0.25) is 0 Å².